The monoisotopic (exact) mass is 555 g/mol. The fourth-order valence-corrected chi connectivity index (χ4v) is 6.54. The van der Waals surface area contributed by atoms with Crippen LogP contribution in [0.2, 0.25) is 0 Å². The molecule has 0 saturated carbocycles. The van der Waals surface area contributed by atoms with Crippen LogP contribution >= 0.6 is 0 Å². The van der Waals surface area contributed by atoms with E-state index in [4.69, 9.17) is 0 Å². The Labute approximate surface area is 254 Å². The van der Waals surface area contributed by atoms with E-state index in [1.54, 1.807) is 0 Å². The van der Waals surface area contributed by atoms with Gasteiger partial charge in [0, 0.05) is 34.1 Å². The highest BCUT2D eigenvalue weighted by Gasteiger charge is 2.36. The topological polar surface area (TPSA) is 20.3 Å². The molecule has 2 aliphatic rings. The van der Waals surface area contributed by atoms with Gasteiger partial charge >= 0.3 is 0 Å². The van der Waals surface area contributed by atoms with Crippen molar-refractivity contribution in [2.45, 2.75) is 26.2 Å². The normalized spacial score (nSPS) is 16.5. The van der Waals surface area contributed by atoms with Crippen molar-refractivity contribution in [3.05, 3.63) is 174 Å². The van der Waals surface area contributed by atoms with Gasteiger partial charge in [0.05, 0.1) is 0 Å². The zero-order valence-corrected chi connectivity index (χ0v) is 24.7. The van der Waals surface area contributed by atoms with Gasteiger partial charge in [0.25, 0.3) is 0 Å². The third kappa shape index (κ3) is 4.47. The van der Waals surface area contributed by atoms with Crippen LogP contribution in [0.5, 0.6) is 0 Å². The lowest BCUT2D eigenvalue weighted by Crippen LogP contribution is -2.17. The minimum Gasteiger partial charge on any atom is -0.316 e. The van der Waals surface area contributed by atoms with Gasteiger partial charge in [-0.2, -0.15) is 0 Å². The Kier molecular flexibility index (Phi) is 6.55. The van der Waals surface area contributed by atoms with E-state index in [0.717, 1.165) is 33.6 Å². The van der Waals surface area contributed by atoms with Gasteiger partial charge in [-0.15, -0.1) is 0 Å². The van der Waals surface area contributed by atoms with E-state index in [1.807, 2.05) is 55.6 Å². The van der Waals surface area contributed by atoms with E-state index in [0.29, 0.717) is 5.57 Å². The van der Waals surface area contributed by atoms with E-state index in [9.17, 15) is 4.79 Å². The number of hydrogen-bond acceptors (Lipinski definition) is 2. The molecule has 0 bridgehead atoms. The van der Waals surface area contributed by atoms with Crippen LogP contribution in [0.15, 0.2) is 151 Å². The van der Waals surface area contributed by atoms with Crippen molar-refractivity contribution >= 4 is 22.7 Å². The van der Waals surface area contributed by atoms with Crippen molar-refractivity contribution in [1.29, 1.82) is 0 Å². The summed E-state index contributed by atoms with van der Waals surface area (Å²) in [6, 6.07) is 42.4. The molecule has 0 N–H and O–H groups in total. The molecule has 208 valence electrons. The molecule has 0 aliphatic heterocycles. The third-order valence-corrected chi connectivity index (χ3v) is 8.81. The quantitative estimate of drug-likeness (QED) is 0.201. The average Bonchev–Trinajstić information content (AvgIpc) is 3.45. The molecule has 2 aliphatic carbocycles. The second kappa shape index (κ2) is 10.6. The Hall–Kier alpha value is -5.21. The van der Waals surface area contributed by atoms with Gasteiger partial charge < -0.3 is 4.90 Å². The maximum absolute atomic E-state index is 13.9. The summed E-state index contributed by atoms with van der Waals surface area (Å²) in [4.78, 5) is 16.1. The standard InChI is InChI=1S/C41H33NO/c1-4-5-15-33-32-16-9-10-18-36(32)40(43)37(33)27-42(30-22-20-29(21-23-30)28-13-7-6-8-14-28)31-24-25-35-34-17-11-12-19-38(34)41(2,3)39(35)26-31/h4-27H,1-3H3/b5-4-,33-15+,37-27-. The lowest BCUT2D eigenvalue weighted by Gasteiger charge is -2.26. The second-order valence-electron chi connectivity index (χ2n) is 11.7. The minimum absolute atomic E-state index is 0.0474. The third-order valence-electron chi connectivity index (χ3n) is 8.81. The lowest BCUT2D eigenvalue weighted by molar-refractivity contribution is 0.104. The van der Waals surface area contributed by atoms with Crippen molar-refractivity contribution in [1.82, 2.24) is 0 Å². The van der Waals surface area contributed by atoms with Gasteiger partial charge in [-0.1, -0.05) is 129 Å². The number of benzene rings is 5. The average molecular weight is 556 g/mol. The highest BCUT2D eigenvalue weighted by Crippen LogP contribution is 2.50. The predicted molar refractivity (Wildman–Crippen MR) is 180 cm³/mol. The lowest BCUT2D eigenvalue weighted by atomic mass is 9.82. The summed E-state index contributed by atoms with van der Waals surface area (Å²) in [5, 5.41) is 0. The number of allylic oxidation sites excluding steroid dienone is 5. The Bertz CT molecular complexity index is 1960. The molecule has 0 spiro atoms. The van der Waals surface area contributed by atoms with Crippen molar-refractivity contribution in [3.8, 4) is 22.3 Å². The van der Waals surface area contributed by atoms with Gasteiger partial charge in [-0.3, -0.25) is 4.79 Å². The first kappa shape index (κ1) is 26.7. The maximum atomic E-state index is 13.9. The molecule has 0 saturated heterocycles. The number of hydrogen-bond donors (Lipinski definition) is 0. The number of carbonyl (C=O) groups excluding carboxylic acids is 1. The maximum Gasteiger partial charge on any atom is 0.195 e. The van der Waals surface area contributed by atoms with Gasteiger partial charge in [0.15, 0.2) is 5.78 Å². The minimum atomic E-state index is -0.131. The van der Waals surface area contributed by atoms with E-state index >= 15 is 0 Å². The smallest absolute Gasteiger partial charge is 0.195 e. The molecular formula is C41H33NO. The zero-order chi connectivity index (χ0) is 29.6. The largest absolute Gasteiger partial charge is 0.316 e. The van der Waals surface area contributed by atoms with Crippen LogP contribution in [0.3, 0.4) is 0 Å². The number of carbonyl (C=O) groups is 1. The molecule has 5 aromatic carbocycles. The molecule has 5 aromatic rings. The molecule has 0 fully saturated rings. The van der Waals surface area contributed by atoms with Crippen LogP contribution < -0.4 is 4.90 Å². The highest BCUT2D eigenvalue weighted by molar-refractivity contribution is 6.27. The van der Waals surface area contributed by atoms with Crippen molar-refractivity contribution in [3.63, 3.8) is 0 Å². The number of fused-ring (bicyclic) bond motifs is 4. The molecule has 0 unspecified atom stereocenters. The van der Waals surface area contributed by atoms with Crippen molar-refractivity contribution < 1.29 is 4.79 Å². The first-order chi connectivity index (χ1) is 21.0. The van der Waals surface area contributed by atoms with E-state index in [2.05, 4.69) is 116 Å². The van der Waals surface area contributed by atoms with Gasteiger partial charge in [0.2, 0.25) is 0 Å². The fraction of sp³-hybridized carbons (Fsp3) is 0.0976. The van der Waals surface area contributed by atoms with Crippen LogP contribution in [0.1, 0.15) is 47.8 Å². The van der Waals surface area contributed by atoms with E-state index in [1.165, 1.54) is 27.8 Å². The summed E-state index contributed by atoms with van der Waals surface area (Å²) in [5.41, 5.74) is 12.8. The molecule has 43 heavy (non-hydrogen) atoms. The molecule has 0 aromatic heterocycles. The molecule has 0 heterocycles. The van der Waals surface area contributed by atoms with Crippen LogP contribution in [0.25, 0.3) is 27.8 Å². The Morgan fingerprint density at radius 1 is 0.581 bits per heavy atom. The Morgan fingerprint density at radius 3 is 1.93 bits per heavy atom. The van der Waals surface area contributed by atoms with Crippen LogP contribution in [-0.2, 0) is 5.41 Å². The van der Waals surface area contributed by atoms with Gasteiger partial charge in [-0.25, -0.2) is 0 Å². The summed E-state index contributed by atoms with van der Waals surface area (Å²) < 4.78 is 0. The molecule has 2 nitrogen and oxygen atoms in total. The predicted octanol–water partition coefficient (Wildman–Crippen LogP) is 10.5. The number of ketones is 1. The summed E-state index contributed by atoms with van der Waals surface area (Å²) in [6.45, 7) is 6.59. The number of anilines is 2. The number of Topliss-reactive ketones (excluding diaryl/α,β-unsaturated/α-hetero) is 1. The molecule has 0 radical (unpaired) electrons. The first-order valence-electron chi connectivity index (χ1n) is 14.9. The second-order valence-corrected chi connectivity index (χ2v) is 11.7. The number of nitrogens with zero attached hydrogens (tertiary/aromatic N) is 1. The van der Waals surface area contributed by atoms with Crippen LogP contribution in [-0.4, -0.2) is 5.78 Å². The van der Waals surface area contributed by atoms with Crippen LogP contribution in [0.4, 0.5) is 11.4 Å². The van der Waals surface area contributed by atoms with Crippen molar-refractivity contribution in [2.24, 2.45) is 0 Å². The summed E-state index contributed by atoms with van der Waals surface area (Å²) in [6.07, 6.45) is 8.09. The summed E-state index contributed by atoms with van der Waals surface area (Å²) in [5.74, 6) is 0.0474. The fourth-order valence-electron chi connectivity index (χ4n) is 6.54. The Morgan fingerprint density at radius 2 is 1.19 bits per heavy atom. The summed E-state index contributed by atoms with van der Waals surface area (Å²) in [7, 11) is 0. The van der Waals surface area contributed by atoms with Gasteiger partial charge in [-0.05, 0) is 75.7 Å². The van der Waals surface area contributed by atoms with E-state index < -0.39 is 0 Å². The number of rotatable bonds is 5. The van der Waals surface area contributed by atoms with Gasteiger partial charge in [0.1, 0.15) is 0 Å². The van der Waals surface area contributed by atoms with Crippen LogP contribution in [0, 0.1) is 0 Å². The molecule has 0 amide bonds. The molecule has 2 heteroatoms. The molecular weight excluding hydrogens is 522 g/mol. The van der Waals surface area contributed by atoms with E-state index in [-0.39, 0.29) is 11.2 Å². The zero-order valence-electron chi connectivity index (χ0n) is 24.7. The summed E-state index contributed by atoms with van der Waals surface area (Å²) >= 11 is 0. The molecule has 0 atom stereocenters. The highest BCUT2D eigenvalue weighted by atomic mass is 16.1. The Balaban J connectivity index is 1.40. The first-order valence-corrected chi connectivity index (χ1v) is 14.9. The molecule has 7 rings (SSSR count). The SMILES string of the molecule is C\C=C/C=C1/C(=C/N(c2ccc(-c3ccccc3)cc2)c2ccc3c(c2)C(C)(C)c2ccccc2-3)C(=O)c2ccccc21. The van der Waals surface area contributed by atoms with Crippen molar-refractivity contribution in [2.75, 3.05) is 4.90 Å².